The zero-order valence-electron chi connectivity index (χ0n) is 25.3. The van der Waals surface area contributed by atoms with Gasteiger partial charge >= 0.3 is 0 Å². The molecule has 0 fully saturated rings. The third kappa shape index (κ3) is 3.64. The fourth-order valence-corrected chi connectivity index (χ4v) is 7.35. The number of para-hydroxylation sites is 3. The number of benzene rings is 5. The molecule has 0 saturated carbocycles. The number of hydrogen-bond donors (Lipinski definition) is 1. The average molecular weight is 647 g/mol. The molecule has 2 aliphatic rings. The summed E-state index contributed by atoms with van der Waals surface area (Å²) < 4.78 is 8.00. The minimum Gasteiger partial charge on any atom is -0.439 e. The fourth-order valence-electron chi connectivity index (χ4n) is 7.19. The molecule has 7 aromatic rings. The predicted molar refractivity (Wildman–Crippen MR) is 182 cm³/mol. The lowest BCUT2D eigenvalue weighted by Gasteiger charge is -2.35. The summed E-state index contributed by atoms with van der Waals surface area (Å²) in [6.45, 7) is 2.04. The van der Waals surface area contributed by atoms with E-state index in [0.717, 1.165) is 16.6 Å². The largest absolute Gasteiger partial charge is 0.439 e. The van der Waals surface area contributed by atoms with E-state index in [2.05, 4.69) is 16.4 Å². The molecule has 0 radical (unpaired) electrons. The second-order valence-electron chi connectivity index (χ2n) is 11.8. The first kappa shape index (κ1) is 28.0. The summed E-state index contributed by atoms with van der Waals surface area (Å²) in [4.78, 5) is 27.3. The molecule has 2 aromatic heterocycles. The van der Waals surface area contributed by atoms with Crippen LogP contribution in [0.2, 0.25) is 5.02 Å². The van der Waals surface area contributed by atoms with Gasteiger partial charge in [-0.1, -0.05) is 77.5 Å². The minimum atomic E-state index is -1.69. The van der Waals surface area contributed by atoms with Crippen LogP contribution in [0.5, 0.6) is 5.75 Å². The molecule has 1 unspecified atom stereocenters. The maximum Gasteiger partial charge on any atom is 0.248 e. The summed E-state index contributed by atoms with van der Waals surface area (Å²) >= 11 is 6.37. The molecule has 0 aliphatic carbocycles. The summed E-state index contributed by atoms with van der Waals surface area (Å²) in [6.07, 6.45) is 1.62. The van der Waals surface area contributed by atoms with Crippen LogP contribution in [0.15, 0.2) is 109 Å². The summed E-state index contributed by atoms with van der Waals surface area (Å²) in [5, 5.41) is 21.4. The SMILES string of the molecule is Cc1ccc(Cl)cc1-n1nncc1CN1C(=O)C2(C(C#N)=C(N)Oc3c2c2nc4ccccc4nc2c2ccccc32)c2ccccc21. The van der Waals surface area contributed by atoms with Crippen LogP contribution in [0.3, 0.4) is 0 Å². The number of hydrogen-bond acceptors (Lipinski definition) is 8. The van der Waals surface area contributed by atoms with Crippen molar-refractivity contribution in [1.29, 1.82) is 5.26 Å². The highest BCUT2D eigenvalue weighted by Crippen LogP contribution is 2.58. The van der Waals surface area contributed by atoms with Crippen LogP contribution < -0.4 is 15.4 Å². The summed E-state index contributed by atoms with van der Waals surface area (Å²) in [5.74, 6) is -0.158. The average Bonchev–Trinajstić information content (AvgIpc) is 3.66. The molecule has 1 spiro atoms. The van der Waals surface area contributed by atoms with Gasteiger partial charge in [-0.15, -0.1) is 5.10 Å². The lowest BCUT2D eigenvalue weighted by atomic mass is 9.67. The topological polar surface area (TPSA) is 136 Å². The van der Waals surface area contributed by atoms with Crippen molar-refractivity contribution < 1.29 is 9.53 Å². The van der Waals surface area contributed by atoms with Crippen LogP contribution >= 0.6 is 11.6 Å². The molecule has 9 rings (SSSR count). The number of nitrogens with two attached hydrogens (primary N) is 1. The molecule has 0 saturated heterocycles. The Kier molecular flexibility index (Phi) is 5.88. The third-order valence-corrected chi connectivity index (χ3v) is 9.52. The second kappa shape index (κ2) is 10.1. The number of ether oxygens (including phenoxy) is 1. The van der Waals surface area contributed by atoms with Crippen LogP contribution in [-0.4, -0.2) is 30.9 Å². The fraction of sp³-hybridized carbons (Fsp3) is 0.0811. The first-order valence-electron chi connectivity index (χ1n) is 15.2. The van der Waals surface area contributed by atoms with E-state index >= 15 is 4.79 Å². The number of nitriles is 1. The summed E-state index contributed by atoms with van der Waals surface area (Å²) in [7, 11) is 0. The quantitative estimate of drug-likeness (QED) is 0.172. The van der Waals surface area contributed by atoms with E-state index in [1.807, 2.05) is 97.9 Å². The van der Waals surface area contributed by atoms with Crippen molar-refractivity contribution in [1.82, 2.24) is 25.0 Å². The first-order chi connectivity index (χ1) is 23.4. The van der Waals surface area contributed by atoms with Crippen molar-refractivity contribution in [2.24, 2.45) is 5.73 Å². The molecule has 1 amide bonds. The van der Waals surface area contributed by atoms with Gasteiger partial charge < -0.3 is 15.4 Å². The molecule has 1 atom stereocenters. The molecular weight excluding hydrogens is 624 g/mol. The molecule has 2 aliphatic heterocycles. The standard InChI is InChI=1S/C37H23ClN8O2/c1-20-14-15-21(38)16-30(20)46-22(18-41-44-46)19-45-29-13-7-4-10-25(29)37(36(45)47)26(17-39)35(40)48-34-24-9-3-2-8-23(24)32-33(31(34)37)43-28-12-6-5-11-27(28)42-32/h2-16,18H,19,40H2,1H3. The number of nitrogens with zero attached hydrogens (tertiary/aromatic N) is 7. The number of fused-ring (bicyclic) bond motifs is 10. The van der Waals surface area contributed by atoms with Gasteiger partial charge in [-0.05, 0) is 42.8 Å². The van der Waals surface area contributed by atoms with Crippen LogP contribution in [0.4, 0.5) is 5.69 Å². The van der Waals surface area contributed by atoms with Gasteiger partial charge in [0.25, 0.3) is 0 Å². The number of carbonyl (C=O) groups is 1. The van der Waals surface area contributed by atoms with Crippen molar-refractivity contribution in [2.45, 2.75) is 18.9 Å². The number of carbonyl (C=O) groups excluding carboxylic acids is 1. The first-order valence-corrected chi connectivity index (χ1v) is 15.6. The normalized spacial score (nSPS) is 16.9. The number of rotatable bonds is 3. The lowest BCUT2D eigenvalue weighted by molar-refractivity contribution is -0.121. The molecular formula is C37H23ClN8O2. The van der Waals surface area contributed by atoms with E-state index < -0.39 is 5.41 Å². The maximum absolute atomic E-state index is 15.5. The molecule has 48 heavy (non-hydrogen) atoms. The Balaban J connectivity index is 1.35. The van der Waals surface area contributed by atoms with Crippen molar-refractivity contribution in [3.63, 3.8) is 0 Å². The Labute approximate surface area is 278 Å². The van der Waals surface area contributed by atoms with Gasteiger partial charge in [-0.3, -0.25) is 4.79 Å². The highest BCUT2D eigenvalue weighted by atomic mass is 35.5. The summed E-state index contributed by atoms with van der Waals surface area (Å²) in [5.41, 5.74) is 11.2. The van der Waals surface area contributed by atoms with E-state index in [4.69, 9.17) is 32.0 Å². The van der Waals surface area contributed by atoms with Crippen LogP contribution in [0, 0.1) is 18.3 Å². The van der Waals surface area contributed by atoms with E-state index in [9.17, 15) is 5.26 Å². The smallest absolute Gasteiger partial charge is 0.248 e. The lowest BCUT2D eigenvalue weighted by Crippen LogP contribution is -2.46. The molecule has 5 aromatic carbocycles. The minimum absolute atomic E-state index is 0.0150. The Hall–Kier alpha value is -6.31. The zero-order chi connectivity index (χ0) is 32.7. The Bertz CT molecular complexity index is 2620. The van der Waals surface area contributed by atoms with Crippen molar-refractivity contribution in [3.8, 4) is 17.5 Å². The maximum atomic E-state index is 15.5. The number of halogens is 1. The van der Waals surface area contributed by atoms with Gasteiger partial charge in [0.15, 0.2) is 0 Å². The molecule has 0 bridgehead atoms. The van der Waals surface area contributed by atoms with Crippen LogP contribution in [-0.2, 0) is 16.8 Å². The summed E-state index contributed by atoms with van der Waals surface area (Å²) in [6, 6.07) is 30.5. The Morgan fingerprint density at radius 2 is 1.62 bits per heavy atom. The van der Waals surface area contributed by atoms with Gasteiger partial charge in [-0.25, -0.2) is 14.6 Å². The number of aryl methyl sites for hydroxylation is 1. The van der Waals surface area contributed by atoms with Gasteiger partial charge in [0, 0.05) is 32.6 Å². The van der Waals surface area contributed by atoms with Gasteiger partial charge in [0.1, 0.15) is 22.8 Å². The van der Waals surface area contributed by atoms with Crippen LogP contribution in [0.1, 0.15) is 22.4 Å². The highest BCUT2D eigenvalue weighted by Gasteiger charge is 2.60. The van der Waals surface area contributed by atoms with E-state index in [-0.39, 0.29) is 23.9 Å². The zero-order valence-corrected chi connectivity index (χ0v) is 26.1. The highest BCUT2D eigenvalue weighted by molar-refractivity contribution is 6.30. The number of amides is 1. The number of aromatic nitrogens is 5. The second-order valence-corrected chi connectivity index (χ2v) is 12.3. The van der Waals surface area contributed by atoms with Crippen molar-refractivity contribution >= 4 is 56.0 Å². The molecule has 10 nitrogen and oxygen atoms in total. The van der Waals surface area contributed by atoms with Crippen molar-refractivity contribution in [2.75, 3.05) is 4.90 Å². The van der Waals surface area contributed by atoms with E-state index in [0.29, 0.717) is 60.7 Å². The van der Waals surface area contributed by atoms with Crippen molar-refractivity contribution in [3.05, 3.63) is 136 Å². The van der Waals surface area contributed by atoms with Gasteiger partial charge in [0.2, 0.25) is 11.8 Å². The molecule has 2 N–H and O–H groups in total. The van der Waals surface area contributed by atoms with Gasteiger partial charge in [-0.2, -0.15) is 5.26 Å². The van der Waals surface area contributed by atoms with Crippen LogP contribution in [0.25, 0.3) is 38.5 Å². The Morgan fingerprint density at radius 3 is 2.42 bits per heavy atom. The van der Waals surface area contributed by atoms with E-state index in [1.54, 1.807) is 15.8 Å². The monoisotopic (exact) mass is 646 g/mol. The predicted octanol–water partition coefficient (Wildman–Crippen LogP) is 6.40. The Morgan fingerprint density at radius 1 is 0.917 bits per heavy atom. The third-order valence-electron chi connectivity index (χ3n) is 9.29. The molecule has 11 heteroatoms. The molecule has 230 valence electrons. The number of anilines is 1. The molecule has 4 heterocycles. The van der Waals surface area contributed by atoms with Gasteiger partial charge in [0.05, 0.1) is 46.2 Å². The van der Waals surface area contributed by atoms with E-state index in [1.165, 1.54) is 0 Å².